The van der Waals surface area contributed by atoms with Crippen LogP contribution in [0.4, 0.5) is 0 Å². The minimum atomic E-state index is 0.642. The van der Waals surface area contributed by atoms with E-state index in [0.29, 0.717) is 11.8 Å². The first kappa shape index (κ1) is 17.8. The van der Waals surface area contributed by atoms with E-state index in [1.54, 1.807) is 0 Å². The first-order valence-corrected chi connectivity index (χ1v) is 8.84. The summed E-state index contributed by atoms with van der Waals surface area (Å²) in [5, 5.41) is 3.51. The second kappa shape index (κ2) is 8.92. The van der Waals surface area contributed by atoms with Gasteiger partial charge in [0.05, 0.1) is 0 Å². The van der Waals surface area contributed by atoms with Crippen LogP contribution in [-0.4, -0.2) is 62.6 Å². The molecule has 1 aromatic carbocycles. The third-order valence-electron chi connectivity index (χ3n) is 4.96. The predicted octanol–water partition coefficient (Wildman–Crippen LogP) is 2.64. The van der Waals surface area contributed by atoms with E-state index in [0.717, 1.165) is 38.7 Å². The minimum absolute atomic E-state index is 0.642. The lowest BCUT2D eigenvalue weighted by Crippen LogP contribution is -2.49. The van der Waals surface area contributed by atoms with Crippen molar-refractivity contribution >= 4 is 5.96 Å². The minimum Gasteiger partial charge on any atom is -0.355 e. The summed E-state index contributed by atoms with van der Waals surface area (Å²) >= 11 is 0. The first-order chi connectivity index (χ1) is 11.2. The number of hydrogen-bond donors (Lipinski definition) is 1. The molecule has 1 N–H and O–H groups in total. The first-order valence-electron chi connectivity index (χ1n) is 8.84. The highest BCUT2D eigenvalue weighted by Gasteiger charge is 2.28. The Kier molecular flexibility index (Phi) is 6.90. The van der Waals surface area contributed by atoms with Crippen LogP contribution in [0.25, 0.3) is 0 Å². The van der Waals surface area contributed by atoms with Gasteiger partial charge in [0.25, 0.3) is 0 Å². The fourth-order valence-electron chi connectivity index (χ4n) is 3.38. The molecule has 1 aromatic rings. The lowest BCUT2D eigenvalue weighted by molar-refractivity contribution is 0.233. The van der Waals surface area contributed by atoms with Crippen LogP contribution in [0.1, 0.15) is 31.7 Å². The Morgan fingerprint density at radius 2 is 2.09 bits per heavy atom. The lowest BCUT2D eigenvalue weighted by Gasteiger charge is -2.39. The Labute approximate surface area is 141 Å². The molecule has 2 rings (SSSR count). The Bertz CT molecular complexity index is 485. The Balaban J connectivity index is 1.88. The van der Waals surface area contributed by atoms with E-state index in [1.165, 1.54) is 12.0 Å². The molecule has 1 saturated heterocycles. The van der Waals surface area contributed by atoms with Crippen LogP contribution in [0.15, 0.2) is 35.3 Å². The number of nitrogens with zero attached hydrogens (tertiary/aromatic N) is 3. The summed E-state index contributed by atoms with van der Waals surface area (Å²) < 4.78 is 0. The van der Waals surface area contributed by atoms with Crippen LogP contribution < -0.4 is 5.32 Å². The molecule has 2 unspecified atom stereocenters. The van der Waals surface area contributed by atoms with E-state index in [2.05, 4.69) is 71.3 Å². The molecular weight excluding hydrogens is 284 g/mol. The molecule has 0 aromatic heterocycles. The zero-order valence-electron chi connectivity index (χ0n) is 15.1. The molecule has 0 bridgehead atoms. The van der Waals surface area contributed by atoms with Gasteiger partial charge in [-0.1, -0.05) is 44.2 Å². The number of hydrogen-bond acceptors (Lipinski definition) is 2. The molecule has 0 aliphatic carbocycles. The maximum absolute atomic E-state index is 4.48. The molecule has 1 fully saturated rings. The second-order valence-corrected chi connectivity index (χ2v) is 6.60. The quantitative estimate of drug-likeness (QED) is 0.669. The summed E-state index contributed by atoms with van der Waals surface area (Å²) in [5.41, 5.74) is 1.48. The maximum atomic E-state index is 4.48. The number of rotatable bonds is 5. The van der Waals surface area contributed by atoms with Crippen LogP contribution in [0.3, 0.4) is 0 Å². The van der Waals surface area contributed by atoms with Crippen molar-refractivity contribution in [2.75, 3.05) is 46.8 Å². The van der Waals surface area contributed by atoms with Crippen molar-refractivity contribution in [2.45, 2.75) is 26.2 Å². The topological polar surface area (TPSA) is 30.9 Å². The molecule has 0 spiro atoms. The van der Waals surface area contributed by atoms with Crippen LogP contribution in [-0.2, 0) is 0 Å². The van der Waals surface area contributed by atoms with Crippen molar-refractivity contribution in [3.8, 4) is 0 Å². The standard InChI is InChI=1S/C19H32N4/c1-5-22(4)14-12-21-19(20-3)23-13-11-18(16(2)15-23)17-9-7-6-8-10-17/h6-10,16,18H,5,11-15H2,1-4H3,(H,20,21). The second-order valence-electron chi connectivity index (χ2n) is 6.60. The average Bonchev–Trinajstić information content (AvgIpc) is 2.59. The Morgan fingerprint density at radius 1 is 1.35 bits per heavy atom. The van der Waals surface area contributed by atoms with Crippen molar-refractivity contribution in [2.24, 2.45) is 10.9 Å². The van der Waals surface area contributed by atoms with Crippen LogP contribution >= 0.6 is 0 Å². The number of benzene rings is 1. The van der Waals surface area contributed by atoms with Gasteiger partial charge >= 0.3 is 0 Å². The molecule has 0 radical (unpaired) electrons. The number of likely N-dealkylation sites (tertiary alicyclic amines) is 1. The monoisotopic (exact) mass is 316 g/mol. The van der Waals surface area contributed by atoms with E-state index in [9.17, 15) is 0 Å². The Hall–Kier alpha value is -1.55. The summed E-state index contributed by atoms with van der Waals surface area (Å²) in [6, 6.07) is 10.9. The van der Waals surface area contributed by atoms with Crippen LogP contribution in [0.5, 0.6) is 0 Å². The van der Waals surface area contributed by atoms with Crippen molar-refractivity contribution in [1.82, 2.24) is 15.1 Å². The SMILES string of the molecule is CCN(C)CCNC(=NC)N1CCC(c2ccccc2)C(C)C1. The molecule has 4 heteroatoms. The van der Waals surface area contributed by atoms with E-state index in [-0.39, 0.29) is 0 Å². The number of likely N-dealkylation sites (N-methyl/N-ethyl adjacent to an activating group) is 1. The van der Waals surface area contributed by atoms with Gasteiger partial charge in [-0.3, -0.25) is 4.99 Å². The van der Waals surface area contributed by atoms with Crippen molar-refractivity contribution in [3.63, 3.8) is 0 Å². The smallest absolute Gasteiger partial charge is 0.193 e. The molecule has 0 amide bonds. The summed E-state index contributed by atoms with van der Waals surface area (Å²) in [6.45, 7) is 9.78. The van der Waals surface area contributed by atoms with Gasteiger partial charge in [-0.25, -0.2) is 0 Å². The van der Waals surface area contributed by atoms with Crippen molar-refractivity contribution < 1.29 is 0 Å². The highest BCUT2D eigenvalue weighted by Crippen LogP contribution is 2.32. The molecule has 23 heavy (non-hydrogen) atoms. The van der Waals surface area contributed by atoms with E-state index >= 15 is 0 Å². The van der Waals surface area contributed by atoms with Gasteiger partial charge in [0.2, 0.25) is 0 Å². The summed E-state index contributed by atoms with van der Waals surface area (Å²) in [6.07, 6.45) is 1.20. The third kappa shape index (κ3) is 4.96. The molecule has 0 saturated carbocycles. The Morgan fingerprint density at radius 3 is 2.70 bits per heavy atom. The van der Waals surface area contributed by atoms with Crippen molar-refractivity contribution in [1.29, 1.82) is 0 Å². The number of piperidine rings is 1. The van der Waals surface area contributed by atoms with Gasteiger partial charge in [-0.15, -0.1) is 0 Å². The zero-order chi connectivity index (χ0) is 16.7. The zero-order valence-corrected chi connectivity index (χ0v) is 15.1. The predicted molar refractivity (Wildman–Crippen MR) is 99.1 cm³/mol. The highest BCUT2D eigenvalue weighted by molar-refractivity contribution is 5.80. The van der Waals surface area contributed by atoms with Crippen LogP contribution in [0.2, 0.25) is 0 Å². The maximum Gasteiger partial charge on any atom is 0.193 e. The van der Waals surface area contributed by atoms with Gasteiger partial charge in [0, 0.05) is 33.2 Å². The summed E-state index contributed by atoms with van der Waals surface area (Å²) in [5.74, 6) is 2.35. The van der Waals surface area contributed by atoms with E-state index in [4.69, 9.17) is 0 Å². The normalized spacial score (nSPS) is 22.5. The summed E-state index contributed by atoms with van der Waals surface area (Å²) in [4.78, 5) is 9.20. The fraction of sp³-hybridized carbons (Fsp3) is 0.632. The molecular formula is C19H32N4. The van der Waals surface area contributed by atoms with Gasteiger partial charge < -0.3 is 15.1 Å². The third-order valence-corrected chi connectivity index (χ3v) is 4.96. The van der Waals surface area contributed by atoms with Crippen LogP contribution in [0, 0.1) is 5.92 Å². The average molecular weight is 316 g/mol. The van der Waals surface area contributed by atoms with Gasteiger partial charge in [0.1, 0.15) is 0 Å². The van der Waals surface area contributed by atoms with Gasteiger partial charge in [-0.05, 0) is 37.4 Å². The molecule has 1 aliphatic rings. The number of guanidine groups is 1. The lowest BCUT2D eigenvalue weighted by atomic mass is 9.82. The largest absolute Gasteiger partial charge is 0.355 e. The number of nitrogens with one attached hydrogen (secondary N) is 1. The number of aliphatic imine (C=N–C) groups is 1. The van der Waals surface area contributed by atoms with Crippen molar-refractivity contribution in [3.05, 3.63) is 35.9 Å². The molecule has 1 aliphatic heterocycles. The van der Waals surface area contributed by atoms with E-state index < -0.39 is 0 Å². The van der Waals surface area contributed by atoms with Gasteiger partial charge in [-0.2, -0.15) is 0 Å². The molecule has 128 valence electrons. The molecule has 4 nitrogen and oxygen atoms in total. The summed E-state index contributed by atoms with van der Waals surface area (Å²) in [7, 11) is 4.04. The highest BCUT2D eigenvalue weighted by atomic mass is 15.3. The molecule has 1 heterocycles. The molecule has 2 atom stereocenters. The fourth-order valence-corrected chi connectivity index (χ4v) is 3.38. The van der Waals surface area contributed by atoms with Gasteiger partial charge in [0.15, 0.2) is 5.96 Å². The van der Waals surface area contributed by atoms with E-state index in [1.807, 2.05) is 7.05 Å².